The fraction of sp³-hybridized carbons (Fsp3) is 0.0476. The van der Waals surface area contributed by atoms with Crippen molar-refractivity contribution in [1.29, 1.82) is 0 Å². The number of rotatable bonds is 4. The topological polar surface area (TPSA) is 132 Å². The summed E-state index contributed by atoms with van der Waals surface area (Å²) in [6.45, 7) is -0.780. The molecule has 0 fully saturated rings. The molecule has 0 aliphatic carbocycles. The number of sulfonamides is 1. The van der Waals surface area contributed by atoms with E-state index in [4.69, 9.17) is 34.1 Å². The first-order valence-electron chi connectivity index (χ1n) is 9.18. The molecule has 0 saturated heterocycles. The molecule has 33 heavy (non-hydrogen) atoms. The summed E-state index contributed by atoms with van der Waals surface area (Å²) < 4.78 is 54.1. The second-order valence-electron chi connectivity index (χ2n) is 7.01. The Morgan fingerprint density at radius 2 is 1.79 bits per heavy atom. The number of benzene rings is 3. The van der Waals surface area contributed by atoms with Crippen LogP contribution in [0.25, 0.3) is 33.2 Å². The van der Waals surface area contributed by atoms with E-state index in [0.29, 0.717) is 10.9 Å². The number of aliphatic hydroxyl groups is 1. The molecule has 0 amide bonds. The molecule has 0 aliphatic heterocycles. The van der Waals surface area contributed by atoms with Crippen LogP contribution in [0.3, 0.4) is 0 Å². The van der Waals surface area contributed by atoms with Crippen LogP contribution in [-0.4, -0.2) is 23.5 Å². The first kappa shape index (κ1) is 23.3. The number of hydrogen-bond donors (Lipinski definition) is 3. The molecule has 5 N–H and O–H groups in total. The van der Waals surface area contributed by atoms with Crippen LogP contribution in [-0.2, 0) is 16.6 Å². The maximum absolute atomic E-state index is 15.7. The molecule has 4 aromatic rings. The fourth-order valence-corrected chi connectivity index (χ4v) is 5.09. The Kier molecular flexibility index (Phi) is 5.97. The molecular weight excluding hydrogens is 497 g/mol. The van der Waals surface area contributed by atoms with Gasteiger partial charge in [0, 0.05) is 28.3 Å². The highest BCUT2D eigenvalue weighted by molar-refractivity contribution is 7.89. The predicted molar refractivity (Wildman–Crippen MR) is 122 cm³/mol. The molecule has 1 heterocycles. The summed E-state index contributed by atoms with van der Waals surface area (Å²) in [5.41, 5.74) is 5.39. The summed E-state index contributed by atoms with van der Waals surface area (Å²) in [5.74, 6) is -1.80. The monoisotopic (exact) mass is 510 g/mol. The summed E-state index contributed by atoms with van der Waals surface area (Å²) in [5, 5.41) is 14.8. The first-order valence-corrected chi connectivity index (χ1v) is 11.5. The van der Waals surface area contributed by atoms with Gasteiger partial charge in [-0.2, -0.15) is 0 Å². The van der Waals surface area contributed by atoms with Crippen molar-refractivity contribution < 1.29 is 22.3 Å². The van der Waals surface area contributed by atoms with E-state index < -0.39 is 38.2 Å². The molecule has 0 bridgehead atoms. The van der Waals surface area contributed by atoms with Crippen molar-refractivity contribution in [2.45, 2.75) is 11.5 Å². The Morgan fingerprint density at radius 3 is 2.45 bits per heavy atom. The van der Waals surface area contributed by atoms with Gasteiger partial charge in [0.1, 0.15) is 16.5 Å². The third-order valence-electron chi connectivity index (χ3n) is 4.99. The minimum absolute atomic E-state index is 0.0561. The van der Waals surface area contributed by atoms with Crippen molar-refractivity contribution in [2.24, 2.45) is 5.14 Å². The van der Waals surface area contributed by atoms with Crippen LogP contribution in [0.15, 0.2) is 47.5 Å². The molecular formula is C21H14Cl2F2N4O3S. The molecule has 0 radical (unpaired) electrons. The zero-order valence-electron chi connectivity index (χ0n) is 16.5. The molecule has 0 atom stereocenters. The standard InChI is InChI=1S/C21H14Cl2F2N4O3S/c22-13-6-16(33(27,31)32)19(23)12(8-30)18(13)11-2-3-14(24)17(20(11)25)9-1-4-15-10(5-9)7-28-21(26)29-15/h1-7,30H,8H2,(H2,26,28,29)(H2,27,31,32). The van der Waals surface area contributed by atoms with Gasteiger partial charge in [-0.3, -0.25) is 0 Å². The number of aromatic nitrogens is 2. The lowest BCUT2D eigenvalue weighted by Crippen LogP contribution is -2.14. The van der Waals surface area contributed by atoms with Crippen LogP contribution in [0.2, 0.25) is 10.0 Å². The minimum Gasteiger partial charge on any atom is -0.392 e. The average Bonchev–Trinajstić information content (AvgIpc) is 2.74. The van der Waals surface area contributed by atoms with E-state index in [-0.39, 0.29) is 38.8 Å². The average molecular weight is 511 g/mol. The number of nitrogens with two attached hydrogens (primary N) is 2. The maximum Gasteiger partial charge on any atom is 0.239 e. The van der Waals surface area contributed by atoms with Gasteiger partial charge in [0.05, 0.1) is 27.7 Å². The van der Waals surface area contributed by atoms with Gasteiger partial charge in [-0.15, -0.1) is 0 Å². The molecule has 4 rings (SSSR count). The van der Waals surface area contributed by atoms with Crippen LogP contribution in [0, 0.1) is 11.6 Å². The van der Waals surface area contributed by atoms with E-state index in [2.05, 4.69) is 9.97 Å². The fourth-order valence-electron chi connectivity index (χ4n) is 3.51. The highest BCUT2D eigenvalue weighted by atomic mass is 35.5. The third kappa shape index (κ3) is 4.11. The lowest BCUT2D eigenvalue weighted by Gasteiger charge is -2.17. The van der Waals surface area contributed by atoms with E-state index in [9.17, 15) is 17.9 Å². The van der Waals surface area contributed by atoms with Gasteiger partial charge in [0.2, 0.25) is 16.0 Å². The molecule has 0 spiro atoms. The van der Waals surface area contributed by atoms with Gasteiger partial charge in [0.15, 0.2) is 0 Å². The van der Waals surface area contributed by atoms with E-state index in [1.54, 1.807) is 0 Å². The zero-order valence-corrected chi connectivity index (χ0v) is 18.8. The normalized spacial score (nSPS) is 11.8. The van der Waals surface area contributed by atoms with Crippen molar-refractivity contribution >= 4 is 50.1 Å². The Bertz CT molecular complexity index is 1550. The van der Waals surface area contributed by atoms with Gasteiger partial charge in [-0.05, 0) is 35.9 Å². The number of nitrogens with zero attached hydrogens (tertiary/aromatic N) is 2. The van der Waals surface area contributed by atoms with E-state index >= 15 is 4.39 Å². The Labute approximate surface area is 196 Å². The van der Waals surface area contributed by atoms with Crippen molar-refractivity contribution in [3.63, 3.8) is 0 Å². The number of halogens is 4. The molecule has 3 aromatic carbocycles. The number of anilines is 1. The summed E-state index contributed by atoms with van der Waals surface area (Å²) in [4.78, 5) is 7.41. The SMILES string of the molecule is Nc1ncc2cc(-c3c(F)ccc(-c4c(Cl)cc(S(N)(=O)=O)c(Cl)c4CO)c3F)ccc2n1. The van der Waals surface area contributed by atoms with Crippen molar-refractivity contribution in [1.82, 2.24) is 9.97 Å². The van der Waals surface area contributed by atoms with Crippen molar-refractivity contribution in [2.75, 3.05) is 5.73 Å². The van der Waals surface area contributed by atoms with E-state index in [0.717, 1.165) is 18.2 Å². The smallest absolute Gasteiger partial charge is 0.239 e. The summed E-state index contributed by atoms with van der Waals surface area (Å²) in [7, 11) is -4.28. The second-order valence-corrected chi connectivity index (χ2v) is 9.33. The Hall–Kier alpha value is -2.89. The second kappa shape index (κ2) is 8.47. The van der Waals surface area contributed by atoms with Crippen molar-refractivity contribution in [3.05, 3.63) is 69.8 Å². The third-order valence-corrected chi connectivity index (χ3v) is 6.77. The molecule has 1 aromatic heterocycles. The van der Waals surface area contributed by atoms with Crippen LogP contribution >= 0.6 is 23.2 Å². The number of hydrogen-bond acceptors (Lipinski definition) is 6. The lowest BCUT2D eigenvalue weighted by molar-refractivity contribution is 0.282. The molecule has 7 nitrogen and oxygen atoms in total. The Morgan fingerprint density at radius 1 is 1.06 bits per heavy atom. The highest BCUT2D eigenvalue weighted by Gasteiger charge is 2.26. The number of primary sulfonamides is 1. The van der Waals surface area contributed by atoms with Crippen LogP contribution in [0.1, 0.15) is 5.56 Å². The number of fused-ring (bicyclic) bond motifs is 1. The van der Waals surface area contributed by atoms with E-state index in [1.165, 1.54) is 24.4 Å². The minimum atomic E-state index is -4.28. The number of nitrogen functional groups attached to an aromatic ring is 1. The number of aliphatic hydroxyl groups excluding tert-OH is 1. The molecule has 170 valence electrons. The first-order chi connectivity index (χ1) is 15.5. The van der Waals surface area contributed by atoms with Gasteiger partial charge >= 0.3 is 0 Å². The summed E-state index contributed by atoms with van der Waals surface area (Å²) in [6, 6.07) is 7.59. The molecule has 0 unspecified atom stereocenters. The summed E-state index contributed by atoms with van der Waals surface area (Å²) >= 11 is 12.4. The van der Waals surface area contributed by atoms with Crippen LogP contribution in [0.5, 0.6) is 0 Å². The molecule has 12 heteroatoms. The van der Waals surface area contributed by atoms with Crippen LogP contribution in [0.4, 0.5) is 14.7 Å². The Balaban J connectivity index is 1.99. The summed E-state index contributed by atoms with van der Waals surface area (Å²) in [6.07, 6.45) is 1.42. The maximum atomic E-state index is 15.7. The van der Waals surface area contributed by atoms with Gasteiger partial charge in [0.25, 0.3) is 0 Å². The lowest BCUT2D eigenvalue weighted by atomic mass is 9.94. The van der Waals surface area contributed by atoms with Gasteiger partial charge in [-0.1, -0.05) is 29.3 Å². The zero-order chi connectivity index (χ0) is 24.1. The van der Waals surface area contributed by atoms with Crippen molar-refractivity contribution in [3.8, 4) is 22.3 Å². The predicted octanol–water partition coefficient (Wildman–Crippen LogP) is 4.27. The quantitative estimate of drug-likeness (QED) is 0.375. The van der Waals surface area contributed by atoms with E-state index in [1.807, 2.05) is 0 Å². The van der Waals surface area contributed by atoms with Gasteiger partial charge < -0.3 is 10.8 Å². The molecule has 0 saturated carbocycles. The van der Waals surface area contributed by atoms with Gasteiger partial charge in [-0.25, -0.2) is 32.3 Å². The highest BCUT2D eigenvalue weighted by Crippen LogP contribution is 2.42. The largest absolute Gasteiger partial charge is 0.392 e. The van der Waals surface area contributed by atoms with Crippen LogP contribution < -0.4 is 10.9 Å². The molecule has 0 aliphatic rings.